The number of carbonyl (C=O) groups excluding carboxylic acids is 2. The maximum atomic E-state index is 12.7. The van der Waals surface area contributed by atoms with E-state index in [0.29, 0.717) is 25.3 Å². The molecule has 3 aliphatic rings. The molecule has 4 heterocycles. The van der Waals surface area contributed by atoms with E-state index in [1.165, 1.54) is 11.0 Å². The fourth-order valence-electron chi connectivity index (χ4n) is 3.46. The first-order valence-electron chi connectivity index (χ1n) is 8.45. The lowest BCUT2D eigenvalue weighted by molar-refractivity contribution is -0.145. The predicted octanol–water partition coefficient (Wildman–Crippen LogP) is 1.62. The van der Waals surface area contributed by atoms with Crippen LogP contribution in [0.2, 0.25) is 0 Å². The second-order valence-electron chi connectivity index (χ2n) is 6.99. The predicted molar refractivity (Wildman–Crippen MR) is 88.4 cm³/mol. The smallest absolute Gasteiger partial charge is 0.354 e. The van der Waals surface area contributed by atoms with Crippen LogP contribution < -0.4 is 4.90 Å². The Bertz CT molecular complexity index is 690. The molecule has 2 amide bonds. The quantitative estimate of drug-likeness (QED) is 0.811. The number of aromatic nitrogens is 1. The minimum atomic E-state index is -4.43. The zero-order valence-electron chi connectivity index (χ0n) is 14.7. The number of piperidine rings is 1. The summed E-state index contributed by atoms with van der Waals surface area (Å²) >= 11 is 0. The number of fused-ring (bicyclic) bond motifs is 4. The van der Waals surface area contributed by atoms with Gasteiger partial charge in [-0.3, -0.25) is 9.59 Å². The van der Waals surface area contributed by atoms with Crippen LogP contribution in [0.3, 0.4) is 0 Å². The Kier molecular flexibility index (Phi) is 4.81. The van der Waals surface area contributed by atoms with Crippen molar-refractivity contribution < 1.29 is 22.8 Å². The van der Waals surface area contributed by atoms with Crippen LogP contribution in [0.5, 0.6) is 0 Å². The molecule has 1 aromatic rings. The standard InChI is InChI=1S/C17H21F3N4O2/c1-22(2)15(25)10-24-13-5-3-11(16(24)26)8-23(9-13)14-6-4-12(7-21-14)17(18,19)20/h4,6-7,11,13H,3,5,8-10H2,1-2H3. The second kappa shape index (κ2) is 6.77. The van der Waals surface area contributed by atoms with E-state index in [4.69, 9.17) is 0 Å². The molecule has 1 aromatic heterocycles. The summed E-state index contributed by atoms with van der Waals surface area (Å²) in [6.45, 7) is 0.892. The Labute approximate surface area is 149 Å². The fourth-order valence-corrected chi connectivity index (χ4v) is 3.46. The Hall–Kier alpha value is -2.32. The number of alkyl halides is 3. The Balaban J connectivity index is 1.79. The van der Waals surface area contributed by atoms with Crippen molar-refractivity contribution in [2.75, 3.05) is 38.6 Å². The monoisotopic (exact) mass is 370 g/mol. The summed E-state index contributed by atoms with van der Waals surface area (Å²) in [6, 6.07) is 2.20. The highest BCUT2D eigenvalue weighted by Crippen LogP contribution is 2.33. The van der Waals surface area contributed by atoms with Crippen LogP contribution in [-0.4, -0.2) is 66.4 Å². The van der Waals surface area contributed by atoms with Gasteiger partial charge >= 0.3 is 6.18 Å². The lowest BCUT2D eigenvalue weighted by Crippen LogP contribution is -2.51. The summed E-state index contributed by atoms with van der Waals surface area (Å²) in [6.07, 6.45) is -2.12. The van der Waals surface area contributed by atoms with Crippen LogP contribution in [0.15, 0.2) is 18.3 Å². The van der Waals surface area contributed by atoms with Crippen molar-refractivity contribution in [1.82, 2.24) is 14.8 Å². The summed E-state index contributed by atoms with van der Waals surface area (Å²) in [5, 5.41) is 0. The zero-order valence-corrected chi connectivity index (χ0v) is 14.7. The Morgan fingerprint density at radius 1 is 1.27 bits per heavy atom. The molecular weight excluding hydrogens is 349 g/mol. The molecule has 0 N–H and O–H groups in total. The van der Waals surface area contributed by atoms with Crippen LogP contribution in [0.25, 0.3) is 0 Å². The SMILES string of the molecule is CN(C)C(=O)CN1C(=O)C2CCC1CN(c1ccc(C(F)(F)F)cn1)C2. The maximum Gasteiger partial charge on any atom is 0.417 e. The maximum absolute atomic E-state index is 12.7. The van der Waals surface area contributed by atoms with Crippen molar-refractivity contribution in [2.45, 2.75) is 25.1 Å². The average Bonchev–Trinajstić information content (AvgIpc) is 2.87. The van der Waals surface area contributed by atoms with Crippen molar-refractivity contribution in [3.63, 3.8) is 0 Å². The van der Waals surface area contributed by atoms with E-state index in [2.05, 4.69) is 4.98 Å². The third kappa shape index (κ3) is 3.61. The molecule has 0 spiro atoms. The van der Waals surface area contributed by atoms with Gasteiger partial charge in [0.1, 0.15) is 12.4 Å². The van der Waals surface area contributed by atoms with Gasteiger partial charge in [-0.2, -0.15) is 13.2 Å². The van der Waals surface area contributed by atoms with Gasteiger partial charge in [0.2, 0.25) is 11.8 Å². The van der Waals surface area contributed by atoms with Crippen LogP contribution in [0.4, 0.5) is 19.0 Å². The molecule has 0 saturated carbocycles. The van der Waals surface area contributed by atoms with E-state index in [1.807, 2.05) is 4.90 Å². The van der Waals surface area contributed by atoms with Gasteiger partial charge in [-0.15, -0.1) is 0 Å². The topological polar surface area (TPSA) is 56.8 Å². The van der Waals surface area contributed by atoms with E-state index < -0.39 is 11.7 Å². The molecule has 2 bridgehead atoms. The zero-order chi connectivity index (χ0) is 19.1. The minimum absolute atomic E-state index is 0.0290. The number of carbonyl (C=O) groups is 2. The third-order valence-corrected chi connectivity index (χ3v) is 5.00. The molecule has 2 atom stereocenters. The van der Waals surface area contributed by atoms with Crippen LogP contribution in [0, 0.1) is 5.92 Å². The minimum Gasteiger partial charge on any atom is -0.354 e. The molecule has 3 fully saturated rings. The summed E-state index contributed by atoms with van der Waals surface area (Å²) < 4.78 is 38.1. The van der Waals surface area contributed by atoms with Gasteiger partial charge in [-0.25, -0.2) is 4.98 Å². The molecule has 3 saturated heterocycles. The van der Waals surface area contributed by atoms with Gasteiger partial charge in [0.05, 0.1) is 11.5 Å². The van der Waals surface area contributed by atoms with Gasteiger partial charge in [0.25, 0.3) is 0 Å². The molecule has 9 heteroatoms. The fraction of sp³-hybridized carbons (Fsp3) is 0.588. The summed E-state index contributed by atoms with van der Waals surface area (Å²) in [7, 11) is 3.28. The van der Waals surface area contributed by atoms with Crippen molar-refractivity contribution >= 4 is 17.6 Å². The number of nitrogens with zero attached hydrogens (tertiary/aromatic N) is 4. The van der Waals surface area contributed by atoms with E-state index in [0.717, 1.165) is 18.7 Å². The van der Waals surface area contributed by atoms with Gasteiger partial charge in [0, 0.05) is 39.4 Å². The number of halogens is 3. The highest BCUT2D eigenvalue weighted by molar-refractivity contribution is 5.87. The molecule has 26 heavy (non-hydrogen) atoms. The van der Waals surface area contributed by atoms with Crippen LogP contribution in [0.1, 0.15) is 18.4 Å². The van der Waals surface area contributed by atoms with Crippen molar-refractivity contribution in [2.24, 2.45) is 5.92 Å². The summed E-state index contributed by atoms with van der Waals surface area (Å²) in [4.78, 5) is 33.6. The molecular formula is C17H21F3N4O2. The highest BCUT2D eigenvalue weighted by Gasteiger charge is 2.42. The first kappa shape index (κ1) is 18.5. The molecule has 0 aromatic carbocycles. The third-order valence-electron chi connectivity index (χ3n) is 5.00. The van der Waals surface area contributed by atoms with Crippen molar-refractivity contribution in [3.05, 3.63) is 23.9 Å². The van der Waals surface area contributed by atoms with Crippen molar-refractivity contribution in [1.29, 1.82) is 0 Å². The number of pyridine rings is 1. The van der Waals surface area contributed by atoms with Crippen LogP contribution in [-0.2, 0) is 15.8 Å². The lowest BCUT2D eigenvalue weighted by Gasteiger charge is -2.35. The van der Waals surface area contributed by atoms with Crippen molar-refractivity contribution in [3.8, 4) is 0 Å². The molecule has 3 aliphatic heterocycles. The molecule has 6 nitrogen and oxygen atoms in total. The molecule has 2 unspecified atom stereocenters. The van der Waals surface area contributed by atoms with Gasteiger partial charge < -0.3 is 14.7 Å². The number of anilines is 1. The number of hydrogen-bond acceptors (Lipinski definition) is 4. The number of amides is 2. The van der Waals surface area contributed by atoms with Crippen LogP contribution >= 0.6 is 0 Å². The number of hydrogen-bond donors (Lipinski definition) is 0. The van der Waals surface area contributed by atoms with E-state index in [1.54, 1.807) is 19.0 Å². The first-order chi connectivity index (χ1) is 12.2. The average molecular weight is 370 g/mol. The number of rotatable bonds is 3. The normalized spacial score (nSPS) is 23.2. The Morgan fingerprint density at radius 2 is 2.00 bits per heavy atom. The van der Waals surface area contributed by atoms with Gasteiger partial charge in [-0.1, -0.05) is 0 Å². The van der Waals surface area contributed by atoms with E-state index in [-0.39, 0.29) is 30.3 Å². The molecule has 0 radical (unpaired) electrons. The molecule has 4 rings (SSSR count). The molecule has 0 aliphatic carbocycles. The summed E-state index contributed by atoms with van der Waals surface area (Å²) in [5.41, 5.74) is -0.798. The summed E-state index contributed by atoms with van der Waals surface area (Å²) in [5.74, 6) is -0.0627. The largest absolute Gasteiger partial charge is 0.417 e. The first-order valence-corrected chi connectivity index (χ1v) is 8.45. The van der Waals surface area contributed by atoms with Gasteiger partial charge in [-0.05, 0) is 25.0 Å². The highest BCUT2D eigenvalue weighted by atomic mass is 19.4. The Morgan fingerprint density at radius 3 is 2.58 bits per heavy atom. The van der Waals surface area contributed by atoms with E-state index >= 15 is 0 Å². The van der Waals surface area contributed by atoms with E-state index in [9.17, 15) is 22.8 Å². The molecule has 142 valence electrons. The van der Waals surface area contributed by atoms with Gasteiger partial charge in [0.15, 0.2) is 0 Å². The lowest BCUT2D eigenvalue weighted by atomic mass is 9.94. The second-order valence-corrected chi connectivity index (χ2v) is 6.99. The number of likely N-dealkylation sites (N-methyl/N-ethyl adjacent to an activating group) is 1.